The number of hydrogen-bond donors (Lipinski definition) is 3. The van der Waals surface area contributed by atoms with Crippen LogP contribution in [-0.4, -0.2) is 61.4 Å². The van der Waals surface area contributed by atoms with Crippen LogP contribution in [0.5, 0.6) is 0 Å². The van der Waals surface area contributed by atoms with Gasteiger partial charge in [-0.2, -0.15) is 4.68 Å². The minimum Gasteiger partial charge on any atom is -0.469 e. The van der Waals surface area contributed by atoms with Gasteiger partial charge in [0.05, 0.1) is 36.4 Å². The molecule has 0 saturated carbocycles. The maximum absolute atomic E-state index is 13.0. The summed E-state index contributed by atoms with van der Waals surface area (Å²) in [5.74, 6) is 0.157. The largest absolute Gasteiger partial charge is 0.469 e. The summed E-state index contributed by atoms with van der Waals surface area (Å²) in [6.45, 7) is 3.60. The van der Waals surface area contributed by atoms with Crippen LogP contribution >= 0.6 is 11.6 Å². The molecule has 14 heteroatoms. The number of para-hydroxylation sites is 1. The second-order valence-corrected chi connectivity index (χ2v) is 10.2. The number of nitrogens with one attached hydrogen (secondary N) is 3. The third kappa shape index (κ3) is 8.74. The predicted octanol–water partition coefficient (Wildman–Crippen LogP) is 5.27. The smallest absolute Gasteiger partial charge is 0.411 e. The van der Waals surface area contributed by atoms with E-state index in [2.05, 4.69) is 40.9 Å². The number of imidazole rings is 1. The lowest BCUT2D eigenvalue weighted by Crippen LogP contribution is -2.28. The minimum atomic E-state index is -0.513. The fraction of sp³-hybridized carbons (Fsp3) is 0.300. The topological polar surface area (TPSA) is 166 Å². The van der Waals surface area contributed by atoms with Crippen molar-refractivity contribution in [2.75, 3.05) is 12.4 Å². The molecule has 4 aromatic rings. The molecule has 2 aromatic heterocycles. The normalized spacial score (nSPS) is 16.5. The molecular weight excluding hydrogens is 588 g/mol. The first-order valence-electron chi connectivity index (χ1n) is 14.0. The SMILES string of the molecule is CC1CCC[C@H](NC(=O)/C=C/c2cc(Cl)ccc2-n2cnnn2)c2ncc([nH]2)-c2ccccc2NC(=O)O1.CCC(=O)OC. The molecule has 5 rings (SSSR count). The molecular formula is C30H33ClN8O5. The molecule has 2 atom stereocenters. The van der Waals surface area contributed by atoms with E-state index in [-0.39, 0.29) is 24.0 Å². The van der Waals surface area contributed by atoms with E-state index in [1.54, 1.807) is 43.5 Å². The Labute approximate surface area is 259 Å². The van der Waals surface area contributed by atoms with Gasteiger partial charge in [-0.1, -0.05) is 36.7 Å². The first-order chi connectivity index (χ1) is 21.3. The predicted molar refractivity (Wildman–Crippen MR) is 164 cm³/mol. The number of esters is 1. The van der Waals surface area contributed by atoms with Gasteiger partial charge in [-0.3, -0.25) is 14.9 Å². The Bertz CT molecular complexity index is 1600. The maximum Gasteiger partial charge on any atom is 0.411 e. The molecule has 0 spiro atoms. The second-order valence-electron chi connectivity index (χ2n) is 9.78. The van der Waals surface area contributed by atoms with E-state index >= 15 is 0 Å². The number of benzene rings is 2. The fourth-order valence-electron chi connectivity index (χ4n) is 4.41. The van der Waals surface area contributed by atoms with Crippen molar-refractivity contribution in [1.29, 1.82) is 0 Å². The number of amides is 2. The van der Waals surface area contributed by atoms with E-state index in [1.165, 1.54) is 24.2 Å². The van der Waals surface area contributed by atoms with Crippen LogP contribution in [0.25, 0.3) is 23.0 Å². The molecule has 2 bridgehead atoms. The molecule has 44 heavy (non-hydrogen) atoms. The van der Waals surface area contributed by atoms with Crippen molar-refractivity contribution >= 4 is 41.3 Å². The Hall–Kier alpha value is -5.04. The van der Waals surface area contributed by atoms with Gasteiger partial charge in [0.25, 0.3) is 0 Å². The highest BCUT2D eigenvalue weighted by atomic mass is 35.5. The molecule has 230 valence electrons. The summed E-state index contributed by atoms with van der Waals surface area (Å²) in [4.78, 5) is 43.2. The van der Waals surface area contributed by atoms with Crippen LogP contribution in [0.2, 0.25) is 5.02 Å². The molecule has 2 aromatic carbocycles. The third-order valence-electron chi connectivity index (χ3n) is 6.62. The summed E-state index contributed by atoms with van der Waals surface area (Å²) in [5.41, 5.74) is 3.42. The Morgan fingerprint density at radius 3 is 2.77 bits per heavy atom. The zero-order chi connectivity index (χ0) is 31.5. The van der Waals surface area contributed by atoms with Gasteiger partial charge in [-0.25, -0.2) is 9.78 Å². The molecule has 3 heterocycles. The number of fused-ring (bicyclic) bond motifs is 4. The van der Waals surface area contributed by atoms with Gasteiger partial charge in [-0.15, -0.1) is 5.10 Å². The number of tetrazole rings is 1. The lowest BCUT2D eigenvalue weighted by molar-refractivity contribution is -0.140. The number of nitrogens with zero attached hydrogens (tertiary/aromatic N) is 5. The van der Waals surface area contributed by atoms with Crippen LogP contribution < -0.4 is 10.6 Å². The molecule has 1 unspecified atom stereocenters. The standard InChI is InChI=1S/C26H25ClN8O3.C4H8O2/c1-16-5-4-8-21(25-28-14-22(31-25)19-6-2-3-7-20(19)32-26(37)38-16)30-24(36)12-9-17-13-18(27)10-11-23(17)35-15-29-33-34-35;1-3-4(5)6-2/h2-3,6-7,9-16,21H,4-5,8H2,1H3,(H,28,31)(H,30,36)(H,32,37);3H2,1-2H3/b12-9+;/t16?,21-;/m0./s1. The van der Waals surface area contributed by atoms with Gasteiger partial charge in [0.15, 0.2) is 0 Å². The van der Waals surface area contributed by atoms with Gasteiger partial charge in [0.2, 0.25) is 5.91 Å². The average molecular weight is 621 g/mol. The number of ether oxygens (including phenoxy) is 2. The van der Waals surface area contributed by atoms with Crippen molar-refractivity contribution in [3.8, 4) is 16.9 Å². The Morgan fingerprint density at radius 1 is 1.23 bits per heavy atom. The highest BCUT2D eigenvalue weighted by molar-refractivity contribution is 6.30. The van der Waals surface area contributed by atoms with Crippen LogP contribution in [0.4, 0.5) is 10.5 Å². The number of H-pyrrole nitrogens is 1. The van der Waals surface area contributed by atoms with Crippen molar-refractivity contribution in [3.63, 3.8) is 0 Å². The Morgan fingerprint density at radius 2 is 2.05 bits per heavy atom. The van der Waals surface area contributed by atoms with E-state index in [4.69, 9.17) is 16.3 Å². The summed E-state index contributed by atoms with van der Waals surface area (Å²) in [5, 5.41) is 17.6. The number of halogens is 1. The number of aromatic nitrogens is 6. The zero-order valence-electron chi connectivity index (χ0n) is 24.5. The molecule has 2 amide bonds. The minimum absolute atomic E-state index is 0.157. The van der Waals surface area contributed by atoms with Crippen LogP contribution in [0, 0.1) is 0 Å². The van der Waals surface area contributed by atoms with Crippen molar-refractivity contribution in [2.45, 2.75) is 51.7 Å². The third-order valence-corrected chi connectivity index (χ3v) is 6.86. The van der Waals surface area contributed by atoms with Gasteiger partial charge < -0.3 is 19.8 Å². The van der Waals surface area contributed by atoms with Gasteiger partial charge in [0, 0.05) is 28.6 Å². The van der Waals surface area contributed by atoms with Crippen LogP contribution in [0.3, 0.4) is 0 Å². The lowest BCUT2D eigenvalue weighted by atomic mass is 10.1. The summed E-state index contributed by atoms with van der Waals surface area (Å²) >= 11 is 6.19. The molecule has 3 N–H and O–H groups in total. The molecule has 1 aliphatic heterocycles. The summed E-state index contributed by atoms with van der Waals surface area (Å²) < 4.78 is 11.3. The molecule has 1 aliphatic rings. The molecule has 0 aliphatic carbocycles. The van der Waals surface area contributed by atoms with E-state index in [0.717, 1.165) is 5.56 Å². The van der Waals surface area contributed by atoms with Crippen LogP contribution in [0.1, 0.15) is 57.0 Å². The Balaban J connectivity index is 0.000000670. The number of anilines is 1. The van der Waals surface area contributed by atoms with Gasteiger partial charge in [-0.05, 0) is 67.0 Å². The van der Waals surface area contributed by atoms with Crippen molar-refractivity contribution in [1.82, 2.24) is 35.5 Å². The number of rotatable bonds is 5. The first-order valence-corrected chi connectivity index (χ1v) is 14.3. The van der Waals surface area contributed by atoms with Crippen LogP contribution in [0.15, 0.2) is 61.1 Å². The Kier molecular flexibility index (Phi) is 11.2. The van der Waals surface area contributed by atoms with Gasteiger partial charge in [0.1, 0.15) is 18.3 Å². The maximum atomic E-state index is 13.0. The van der Waals surface area contributed by atoms with Crippen molar-refractivity contribution in [3.05, 3.63) is 77.5 Å². The van der Waals surface area contributed by atoms with Crippen molar-refractivity contribution in [2.24, 2.45) is 0 Å². The molecule has 0 radical (unpaired) electrons. The molecule has 0 saturated heterocycles. The summed E-state index contributed by atoms with van der Waals surface area (Å²) in [6.07, 6.45) is 7.84. The zero-order valence-corrected chi connectivity index (χ0v) is 25.2. The number of hydrogen-bond acceptors (Lipinski definition) is 9. The highest BCUT2D eigenvalue weighted by Crippen LogP contribution is 2.29. The number of carbonyl (C=O) groups is 3. The summed E-state index contributed by atoms with van der Waals surface area (Å²) in [7, 11) is 1.38. The van der Waals surface area contributed by atoms with Crippen LogP contribution in [-0.2, 0) is 19.1 Å². The molecule has 13 nitrogen and oxygen atoms in total. The number of cyclic esters (lactones) is 1. The highest BCUT2D eigenvalue weighted by Gasteiger charge is 2.21. The van der Waals surface area contributed by atoms with Gasteiger partial charge >= 0.3 is 12.1 Å². The number of methoxy groups -OCH3 is 1. The van der Waals surface area contributed by atoms with Crippen molar-refractivity contribution < 1.29 is 23.9 Å². The fourth-order valence-corrected chi connectivity index (χ4v) is 4.59. The first kappa shape index (κ1) is 31.9. The molecule has 0 fully saturated rings. The number of aromatic amines is 1. The van der Waals surface area contributed by atoms with E-state index in [9.17, 15) is 14.4 Å². The average Bonchev–Trinajstić information content (AvgIpc) is 3.73. The van der Waals surface area contributed by atoms with E-state index < -0.39 is 6.09 Å². The van der Waals surface area contributed by atoms with E-state index in [1.807, 2.05) is 25.1 Å². The number of carbonyl (C=O) groups excluding carboxylic acids is 3. The monoisotopic (exact) mass is 620 g/mol. The lowest BCUT2D eigenvalue weighted by Gasteiger charge is -2.18. The summed E-state index contributed by atoms with van der Waals surface area (Å²) in [6, 6.07) is 12.2. The van der Waals surface area contributed by atoms with E-state index in [0.29, 0.717) is 59.2 Å². The second kappa shape index (κ2) is 15.4. The quantitative estimate of drug-likeness (QED) is 0.199.